The first kappa shape index (κ1) is 5.34. The molecule has 1 aliphatic heterocycles. The molecule has 0 bridgehead atoms. The number of aromatic hydroxyl groups is 1. The number of hydrogen-bond donors (Lipinski definition) is 3. The molecule has 142 valence electrons. The van der Waals surface area contributed by atoms with Crippen molar-refractivity contribution in [3.05, 3.63) is 22.1 Å². The van der Waals surface area contributed by atoms with E-state index in [1.165, 1.54) is 0 Å². The number of aromatic nitrogens is 3. The van der Waals surface area contributed by atoms with Gasteiger partial charge in [0, 0.05) is 37.2 Å². The molecule has 0 radical (unpaired) electrons. The van der Waals surface area contributed by atoms with E-state index in [1.807, 2.05) is 0 Å². The number of fused-ring (bicyclic) bond motifs is 1. The molecule has 1 saturated heterocycles. The van der Waals surface area contributed by atoms with Crippen LogP contribution in [0.1, 0.15) is 81.7 Å². The molecule has 0 saturated carbocycles. The number of H-pyrrole nitrogens is 1. The summed E-state index contributed by atoms with van der Waals surface area (Å²) in [6.45, 7) is -20.4. The third-order valence-electron chi connectivity index (χ3n) is 3.22. The quantitative estimate of drug-likeness (QED) is 0.674. The van der Waals surface area contributed by atoms with Crippen molar-refractivity contribution in [1.29, 1.82) is 1.43 Å². The number of nitrogens with one attached hydrogen (secondary N) is 2. The van der Waals surface area contributed by atoms with Crippen LogP contribution in [0.2, 0.25) is 2.82 Å². The number of rotatable bonds is 7. The second kappa shape index (κ2) is 7.90. The zero-order chi connectivity index (χ0) is 37.8. The molecule has 1 amide bonds. The normalized spacial score (nSPS) is 39.5. The molecule has 8 nitrogen and oxygen atoms in total. The monoisotopic (exact) mass is 383 g/mol. The summed E-state index contributed by atoms with van der Waals surface area (Å²) in [6, 6.07) is -3.93. The molecular formula is C18H27N5O3. The van der Waals surface area contributed by atoms with E-state index in [0.29, 0.717) is 6.20 Å². The molecule has 2 aromatic rings. The predicted molar refractivity (Wildman–Crippen MR) is 99.6 cm³/mol. The Morgan fingerprint density at radius 3 is 3.19 bits per heavy atom. The van der Waals surface area contributed by atoms with Gasteiger partial charge in [-0.25, -0.2) is 0 Å². The summed E-state index contributed by atoms with van der Waals surface area (Å²) in [7, 11) is 0. The summed E-state index contributed by atoms with van der Waals surface area (Å²) in [6.07, 6.45) is -12.4. The van der Waals surface area contributed by atoms with Gasteiger partial charge in [0.1, 0.15) is 17.0 Å². The van der Waals surface area contributed by atoms with Crippen molar-refractivity contribution in [3.63, 3.8) is 0 Å². The zero-order valence-corrected chi connectivity index (χ0v) is 13.0. The molecule has 0 spiro atoms. The second-order valence-corrected chi connectivity index (χ2v) is 4.80. The van der Waals surface area contributed by atoms with E-state index in [9.17, 15) is 9.59 Å². The van der Waals surface area contributed by atoms with Crippen LogP contribution >= 0.6 is 0 Å². The van der Waals surface area contributed by atoms with Crippen molar-refractivity contribution < 1.29 is 38.8 Å². The van der Waals surface area contributed by atoms with Gasteiger partial charge in [0.15, 0.2) is 2.82 Å². The molecule has 3 heterocycles. The van der Waals surface area contributed by atoms with Crippen LogP contribution < -0.4 is 10.9 Å². The highest BCUT2D eigenvalue weighted by atomic mass is 16.3. The Morgan fingerprint density at radius 1 is 1.65 bits per heavy atom. The van der Waals surface area contributed by atoms with Crippen molar-refractivity contribution >= 4 is 16.9 Å². The van der Waals surface area contributed by atoms with E-state index in [-0.39, 0.29) is 15.0 Å². The van der Waals surface area contributed by atoms with E-state index in [1.54, 1.807) is 0 Å². The first-order chi connectivity index (χ1) is 21.2. The number of aromatic amines is 1. The highest BCUT2D eigenvalue weighted by Gasteiger charge is 2.24. The number of likely N-dealkylation sites (tertiary alicyclic amines) is 1. The lowest BCUT2D eigenvalue weighted by atomic mass is 10.1. The van der Waals surface area contributed by atoms with Gasteiger partial charge in [-0.15, -0.1) is 0 Å². The van der Waals surface area contributed by atoms with Crippen LogP contribution in [-0.4, -0.2) is 58.1 Å². The summed E-state index contributed by atoms with van der Waals surface area (Å²) in [5.74, 6) is -2.96. The van der Waals surface area contributed by atoms with Crippen LogP contribution in [0.25, 0.3) is 11.0 Å². The summed E-state index contributed by atoms with van der Waals surface area (Å²) in [5.41, 5.74) is -4.46. The largest absolute Gasteiger partial charge is 0.506 e. The van der Waals surface area contributed by atoms with Crippen molar-refractivity contribution in [2.45, 2.75) is 45.3 Å². The molecule has 0 aromatic carbocycles. The Labute approximate surface area is 183 Å². The third kappa shape index (κ3) is 3.60. The van der Waals surface area contributed by atoms with Crippen molar-refractivity contribution in [2.75, 3.05) is 26.0 Å². The van der Waals surface area contributed by atoms with E-state index in [2.05, 4.69) is 10.2 Å². The molecule has 3 N–H and O–H groups in total. The summed E-state index contributed by atoms with van der Waals surface area (Å²) in [4.78, 5) is 26.7. The van der Waals surface area contributed by atoms with Gasteiger partial charge in [-0.3, -0.25) is 19.2 Å². The van der Waals surface area contributed by atoms with Crippen LogP contribution in [-0.2, 0) is 0 Å². The molecule has 1 fully saturated rings. The van der Waals surface area contributed by atoms with Crippen LogP contribution in [0.15, 0.2) is 11.0 Å². The standard InChI is InChI=1S/C18H27N5O3/c1-12(2)23-16-13(11-20-21-16)15(24)14(18(23)26)17(25)19-7-6-10-22-8-4-3-5-9-22/h11-12,24H,3-10H2,1-2H3,(H,19,25)(H,20,21)/i1D3,2D3,3D2,4D2,5D2,8D2,9D2,10D2,12D/hD3. The lowest BCUT2D eigenvalue weighted by Crippen LogP contribution is -2.36. The minimum absolute atomic E-state index is 0.0154. The van der Waals surface area contributed by atoms with Gasteiger partial charge >= 0.3 is 0 Å². The minimum atomic E-state index is -3.93. The molecule has 2 aromatic heterocycles. The molecule has 8 heteroatoms. The Morgan fingerprint density at radius 2 is 2.46 bits per heavy atom. The van der Waals surface area contributed by atoms with E-state index in [4.69, 9.17) is 30.3 Å². The fraction of sp³-hybridized carbons (Fsp3) is 0.611. The lowest BCUT2D eigenvalue weighted by molar-refractivity contribution is 0.0946. The van der Waals surface area contributed by atoms with E-state index < -0.39 is 110 Å². The highest BCUT2D eigenvalue weighted by Crippen LogP contribution is 2.26. The Bertz CT molecular complexity index is 1610. The maximum atomic E-state index is 13.7. The summed E-state index contributed by atoms with van der Waals surface area (Å²) >= 11 is 0. The number of carbonyl (C=O) groups excluding carboxylic acids is 1. The number of piperidine rings is 1. The predicted octanol–water partition coefficient (Wildman–Crippen LogP) is 1.62. The average molecular weight is 384 g/mol. The van der Waals surface area contributed by atoms with E-state index in [0.717, 1.165) is 0 Å². The van der Waals surface area contributed by atoms with Crippen molar-refractivity contribution in [3.8, 4) is 5.75 Å². The number of hydrogen-bond acceptors (Lipinski definition) is 5. The number of pyridine rings is 1. The molecule has 1 aliphatic rings. The Balaban J connectivity index is 2.19. The first-order valence-corrected chi connectivity index (χ1v) is 7.07. The maximum absolute atomic E-state index is 13.7. The fourth-order valence-corrected chi connectivity index (χ4v) is 2.12. The molecule has 26 heavy (non-hydrogen) atoms. The molecular weight excluding hydrogens is 334 g/mol. The zero-order valence-electron chi connectivity index (χ0n) is 35.0. The maximum Gasteiger partial charge on any atom is 0.293 e. The van der Waals surface area contributed by atoms with Gasteiger partial charge in [-0.05, 0) is 52.4 Å². The van der Waals surface area contributed by atoms with Gasteiger partial charge in [-0.2, -0.15) is 5.10 Å². The van der Waals surface area contributed by atoms with Crippen molar-refractivity contribution in [1.82, 2.24) is 25.0 Å². The number of amides is 1. The van der Waals surface area contributed by atoms with Crippen LogP contribution in [0.4, 0.5) is 0 Å². The van der Waals surface area contributed by atoms with Gasteiger partial charge in [0.2, 0.25) is 0 Å². The van der Waals surface area contributed by atoms with E-state index >= 15 is 0 Å². The van der Waals surface area contributed by atoms with Crippen LogP contribution in [0.3, 0.4) is 0 Å². The Kier molecular flexibility index (Phi) is 1.62. The molecule has 0 unspecified atom stereocenters. The smallest absolute Gasteiger partial charge is 0.293 e. The number of carbonyl (C=O) groups is 1. The molecule has 0 aliphatic carbocycles. The number of nitrogens with zero attached hydrogens (tertiary/aromatic N) is 3. The summed E-state index contributed by atoms with van der Waals surface area (Å²) in [5, 5.41) is 6.82. The fourth-order valence-electron chi connectivity index (χ4n) is 2.12. The second-order valence-electron chi connectivity index (χ2n) is 4.80. The topological polar surface area (TPSA) is 103 Å². The SMILES string of the molecule is [2H]Oc1c(C(=O)N([2H])CCC([2H])([2H])N2C([2H])([2H])C([2H])([2H])C([2H])([2H])C([2H])([2H])C2([2H])[2H])c(=O)n(C([2H])(C([2H])([2H])[2H])C([2H])([2H])[2H])c2c1cnn2[2H]. The summed E-state index contributed by atoms with van der Waals surface area (Å²) < 4.78 is 175. The van der Waals surface area contributed by atoms with Gasteiger partial charge in [-0.1, -0.05) is 6.37 Å². The van der Waals surface area contributed by atoms with Crippen LogP contribution in [0, 0.1) is 0 Å². The van der Waals surface area contributed by atoms with Crippen molar-refractivity contribution in [2.24, 2.45) is 0 Å². The lowest BCUT2D eigenvalue weighted by Gasteiger charge is -2.26. The van der Waals surface area contributed by atoms with Crippen LogP contribution in [0.5, 0.6) is 5.75 Å². The highest BCUT2D eigenvalue weighted by molar-refractivity contribution is 6.01. The van der Waals surface area contributed by atoms with Gasteiger partial charge in [0.25, 0.3) is 12.9 Å². The molecule has 3 rings (SSSR count). The van der Waals surface area contributed by atoms with Gasteiger partial charge < -0.3 is 15.3 Å². The van der Waals surface area contributed by atoms with Gasteiger partial charge in [0.05, 0.1) is 13.0 Å². The first-order valence-electron chi connectivity index (χ1n) is 17.9. The minimum Gasteiger partial charge on any atom is -0.506 e. The third-order valence-corrected chi connectivity index (χ3v) is 3.22. The average Bonchev–Trinajstić information content (AvgIpc) is 3.28. The Hall–Kier alpha value is -2.35. The molecule has 0 atom stereocenters.